The summed E-state index contributed by atoms with van der Waals surface area (Å²) >= 11 is 0. The minimum atomic E-state index is -0.783. The number of nitrogens with zero attached hydrogens (tertiary/aromatic N) is 1. The van der Waals surface area contributed by atoms with Crippen LogP contribution in [0.2, 0.25) is 0 Å². The summed E-state index contributed by atoms with van der Waals surface area (Å²) in [6.45, 7) is 4.20. The van der Waals surface area contributed by atoms with E-state index in [4.69, 9.17) is 5.73 Å². The van der Waals surface area contributed by atoms with Crippen LogP contribution in [-0.2, 0) is 11.3 Å². The summed E-state index contributed by atoms with van der Waals surface area (Å²) in [5.74, 6) is -0.126. The number of hydrogen-bond acceptors (Lipinski definition) is 3. The summed E-state index contributed by atoms with van der Waals surface area (Å²) in [4.78, 5) is 18.4. The summed E-state index contributed by atoms with van der Waals surface area (Å²) < 4.78 is 0. The van der Waals surface area contributed by atoms with E-state index in [1.807, 2.05) is 6.92 Å². The van der Waals surface area contributed by atoms with Gasteiger partial charge in [0.05, 0.1) is 24.1 Å². The van der Waals surface area contributed by atoms with Gasteiger partial charge in [-0.2, -0.15) is 0 Å². The molecule has 0 aromatic carbocycles. The number of rotatable bonds is 5. The van der Waals surface area contributed by atoms with Gasteiger partial charge in [-0.15, -0.1) is 0 Å². The Kier molecular flexibility index (Phi) is 3.85. The molecule has 1 aromatic rings. The van der Waals surface area contributed by atoms with Gasteiger partial charge in [-0.1, -0.05) is 13.3 Å². The van der Waals surface area contributed by atoms with Crippen molar-refractivity contribution in [1.82, 2.24) is 15.3 Å². The number of nitrogens with one attached hydrogen (secondary N) is 2. The number of amides is 1. The number of imidazole rings is 1. The van der Waals surface area contributed by atoms with Gasteiger partial charge in [0.1, 0.15) is 0 Å². The van der Waals surface area contributed by atoms with Gasteiger partial charge in [-0.3, -0.25) is 4.79 Å². The second-order valence-corrected chi connectivity index (χ2v) is 3.93. The highest BCUT2D eigenvalue weighted by Gasteiger charge is 2.26. The zero-order valence-electron chi connectivity index (χ0n) is 9.21. The molecule has 1 atom stereocenters. The Morgan fingerprint density at radius 3 is 3.00 bits per heavy atom. The van der Waals surface area contributed by atoms with Crippen LogP contribution in [0.25, 0.3) is 0 Å². The number of carbonyl (C=O) groups excluding carboxylic acids is 1. The SMILES string of the molecule is CCCC(C)(N)C(=O)NCc1cnc[nH]1. The molecular formula is C10H18N4O. The van der Waals surface area contributed by atoms with E-state index in [0.717, 1.165) is 12.1 Å². The van der Waals surface area contributed by atoms with Crippen molar-refractivity contribution in [3.8, 4) is 0 Å². The summed E-state index contributed by atoms with van der Waals surface area (Å²) in [5.41, 5.74) is 5.96. The van der Waals surface area contributed by atoms with Gasteiger partial charge < -0.3 is 16.0 Å². The van der Waals surface area contributed by atoms with Crippen molar-refractivity contribution < 1.29 is 4.79 Å². The van der Waals surface area contributed by atoms with Crippen LogP contribution in [0.5, 0.6) is 0 Å². The maximum atomic E-state index is 11.7. The summed E-state index contributed by atoms with van der Waals surface area (Å²) in [5, 5.41) is 2.77. The molecular weight excluding hydrogens is 192 g/mol. The standard InChI is InChI=1S/C10H18N4O/c1-3-4-10(2,11)9(15)13-6-8-5-12-7-14-8/h5,7H,3-4,6,11H2,1-2H3,(H,12,14)(H,13,15). The first-order valence-electron chi connectivity index (χ1n) is 5.10. The molecule has 0 bridgehead atoms. The average molecular weight is 210 g/mol. The summed E-state index contributed by atoms with van der Waals surface area (Å²) in [7, 11) is 0. The molecule has 1 rings (SSSR count). The second kappa shape index (κ2) is 4.93. The highest BCUT2D eigenvalue weighted by molar-refractivity contribution is 5.85. The molecule has 15 heavy (non-hydrogen) atoms. The van der Waals surface area contributed by atoms with E-state index in [9.17, 15) is 4.79 Å². The van der Waals surface area contributed by atoms with Gasteiger partial charge in [-0.05, 0) is 13.3 Å². The highest BCUT2D eigenvalue weighted by Crippen LogP contribution is 2.08. The fourth-order valence-corrected chi connectivity index (χ4v) is 1.39. The Hall–Kier alpha value is -1.36. The number of H-pyrrole nitrogens is 1. The van der Waals surface area contributed by atoms with Crippen molar-refractivity contribution in [2.45, 2.75) is 38.8 Å². The molecule has 1 amide bonds. The Morgan fingerprint density at radius 1 is 1.73 bits per heavy atom. The molecule has 0 aliphatic heterocycles. The quantitative estimate of drug-likeness (QED) is 0.663. The van der Waals surface area contributed by atoms with Gasteiger partial charge in [0.2, 0.25) is 5.91 Å². The van der Waals surface area contributed by atoms with Gasteiger partial charge >= 0.3 is 0 Å². The lowest BCUT2D eigenvalue weighted by Gasteiger charge is -2.22. The van der Waals surface area contributed by atoms with Crippen molar-refractivity contribution in [2.24, 2.45) is 5.73 Å². The minimum absolute atomic E-state index is 0.126. The first-order chi connectivity index (χ1) is 7.06. The van der Waals surface area contributed by atoms with Crippen LogP contribution >= 0.6 is 0 Å². The maximum Gasteiger partial charge on any atom is 0.240 e. The zero-order valence-corrected chi connectivity index (χ0v) is 9.21. The van der Waals surface area contributed by atoms with Crippen LogP contribution in [0.15, 0.2) is 12.5 Å². The van der Waals surface area contributed by atoms with Gasteiger partial charge in [0, 0.05) is 6.20 Å². The van der Waals surface area contributed by atoms with E-state index in [0.29, 0.717) is 13.0 Å². The molecule has 1 unspecified atom stereocenters. The first-order valence-corrected chi connectivity index (χ1v) is 5.10. The highest BCUT2D eigenvalue weighted by atomic mass is 16.2. The van der Waals surface area contributed by atoms with E-state index in [1.165, 1.54) is 0 Å². The van der Waals surface area contributed by atoms with Crippen LogP contribution in [0, 0.1) is 0 Å². The third-order valence-corrected chi connectivity index (χ3v) is 2.28. The lowest BCUT2D eigenvalue weighted by molar-refractivity contribution is -0.126. The molecule has 4 N–H and O–H groups in total. The number of aromatic amines is 1. The molecule has 0 radical (unpaired) electrons. The molecule has 1 heterocycles. The third-order valence-electron chi connectivity index (χ3n) is 2.28. The molecule has 0 saturated heterocycles. The molecule has 5 nitrogen and oxygen atoms in total. The average Bonchev–Trinajstić information content (AvgIpc) is 2.66. The third kappa shape index (κ3) is 3.36. The Labute approximate surface area is 89.5 Å². The normalized spacial score (nSPS) is 14.6. The largest absolute Gasteiger partial charge is 0.349 e. The first kappa shape index (κ1) is 11.7. The van der Waals surface area contributed by atoms with Gasteiger partial charge in [0.25, 0.3) is 0 Å². The second-order valence-electron chi connectivity index (χ2n) is 3.93. The molecule has 0 saturated carbocycles. The monoisotopic (exact) mass is 210 g/mol. The zero-order chi connectivity index (χ0) is 11.3. The van der Waals surface area contributed by atoms with Crippen molar-refractivity contribution in [1.29, 1.82) is 0 Å². The van der Waals surface area contributed by atoms with Crippen molar-refractivity contribution in [3.05, 3.63) is 18.2 Å². The number of nitrogens with two attached hydrogens (primary N) is 1. The van der Waals surface area contributed by atoms with E-state index in [-0.39, 0.29) is 5.91 Å². The van der Waals surface area contributed by atoms with Crippen LogP contribution in [-0.4, -0.2) is 21.4 Å². The topological polar surface area (TPSA) is 83.8 Å². The number of hydrogen-bond donors (Lipinski definition) is 3. The predicted molar refractivity (Wildman–Crippen MR) is 57.9 cm³/mol. The fraction of sp³-hybridized carbons (Fsp3) is 0.600. The Bertz CT molecular complexity index is 305. The molecule has 0 fully saturated rings. The van der Waals surface area contributed by atoms with E-state index in [2.05, 4.69) is 15.3 Å². The van der Waals surface area contributed by atoms with Crippen molar-refractivity contribution in [2.75, 3.05) is 0 Å². The van der Waals surface area contributed by atoms with Crippen LogP contribution in [0.4, 0.5) is 0 Å². The van der Waals surface area contributed by atoms with Crippen molar-refractivity contribution in [3.63, 3.8) is 0 Å². The van der Waals surface area contributed by atoms with Gasteiger partial charge in [0.15, 0.2) is 0 Å². The summed E-state index contributed by atoms with van der Waals surface area (Å²) in [6.07, 6.45) is 4.83. The number of aromatic nitrogens is 2. The van der Waals surface area contributed by atoms with Crippen LogP contribution < -0.4 is 11.1 Å². The molecule has 1 aromatic heterocycles. The Balaban J connectivity index is 2.42. The van der Waals surface area contributed by atoms with Crippen molar-refractivity contribution >= 4 is 5.91 Å². The lowest BCUT2D eigenvalue weighted by Crippen LogP contribution is -2.51. The molecule has 5 heteroatoms. The lowest BCUT2D eigenvalue weighted by atomic mass is 9.96. The minimum Gasteiger partial charge on any atom is -0.349 e. The van der Waals surface area contributed by atoms with Crippen LogP contribution in [0.1, 0.15) is 32.4 Å². The molecule has 84 valence electrons. The fourth-order valence-electron chi connectivity index (χ4n) is 1.39. The van der Waals surface area contributed by atoms with E-state index < -0.39 is 5.54 Å². The molecule has 0 aliphatic rings. The number of carbonyl (C=O) groups is 1. The predicted octanol–water partition coefficient (Wildman–Crippen LogP) is 0.543. The Morgan fingerprint density at radius 2 is 2.47 bits per heavy atom. The smallest absolute Gasteiger partial charge is 0.240 e. The molecule has 0 spiro atoms. The molecule has 0 aliphatic carbocycles. The van der Waals surface area contributed by atoms with E-state index in [1.54, 1.807) is 19.4 Å². The summed E-state index contributed by atoms with van der Waals surface area (Å²) in [6, 6.07) is 0. The van der Waals surface area contributed by atoms with E-state index >= 15 is 0 Å². The maximum absolute atomic E-state index is 11.7. The van der Waals surface area contributed by atoms with Crippen LogP contribution in [0.3, 0.4) is 0 Å². The van der Waals surface area contributed by atoms with Gasteiger partial charge in [-0.25, -0.2) is 4.98 Å².